The molecule has 0 aromatic heterocycles. The fourth-order valence-corrected chi connectivity index (χ4v) is 2.79. The number of hydrogen-bond donors (Lipinski definition) is 2. The van der Waals surface area contributed by atoms with E-state index < -0.39 is 0 Å². The van der Waals surface area contributed by atoms with Crippen molar-refractivity contribution in [3.63, 3.8) is 0 Å². The zero-order valence-corrected chi connectivity index (χ0v) is 14.8. The second-order valence-corrected chi connectivity index (χ2v) is 5.59. The molecule has 8 heteroatoms. The molecule has 0 aromatic carbocycles. The molecule has 0 amide bonds. The molecule has 0 radical (unpaired) electrons. The van der Waals surface area contributed by atoms with Crippen LogP contribution in [0.2, 0.25) is 0 Å². The van der Waals surface area contributed by atoms with E-state index in [9.17, 15) is 9.59 Å². The Bertz CT molecular complexity index is 313. The summed E-state index contributed by atoms with van der Waals surface area (Å²) in [5.74, 6) is -0.0686. The van der Waals surface area contributed by atoms with E-state index in [-0.39, 0.29) is 60.7 Å². The van der Waals surface area contributed by atoms with Crippen LogP contribution in [0.5, 0.6) is 0 Å². The average molecular weight is 359 g/mol. The van der Waals surface area contributed by atoms with Crippen LogP contribution in [0.15, 0.2) is 0 Å². The lowest BCUT2D eigenvalue weighted by molar-refractivity contribution is -0.146. The molecule has 0 spiro atoms. The largest absolute Gasteiger partial charge is 0.469 e. The monoisotopic (exact) mass is 358 g/mol. The van der Waals surface area contributed by atoms with Gasteiger partial charge in [0.15, 0.2) is 0 Å². The van der Waals surface area contributed by atoms with Crippen LogP contribution < -0.4 is 11.5 Å². The number of carbonyl (C=O) groups excluding carboxylic acids is 2. The highest BCUT2D eigenvalue weighted by Gasteiger charge is 2.28. The second-order valence-electron chi connectivity index (χ2n) is 5.59. The van der Waals surface area contributed by atoms with Crippen LogP contribution in [0.4, 0.5) is 0 Å². The van der Waals surface area contributed by atoms with Gasteiger partial charge in [-0.05, 0) is 38.5 Å². The van der Waals surface area contributed by atoms with E-state index in [0.717, 1.165) is 38.5 Å². The maximum absolute atomic E-state index is 10.9. The van der Waals surface area contributed by atoms with Gasteiger partial charge in [-0.15, -0.1) is 24.8 Å². The summed E-state index contributed by atoms with van der Waals surface area (Å²) < 4.78 is 9.18. The second kappa shape index (κ2) is 11.9. The van der Waals surface area contributed by atoms with Crippen LogP contribution in [0, 0.1) is 11.8 Å². The van der Waals surface area contributed by atoms with Crippen LogP contribution in [-0.2, 0) is 19.1 Å². The Hall–Kier alpha value is -0.560. The van der Waals surface area contributed by atoms with Crippen LogP contribution in [-0.4, -0.2) is 38.2 Å². The Labute approximate surface area is 144 Å². The maximum Gasteiger partial charge on any atom is 0.308 e. The number of nitrogens with two attached hydrogens (primary N) is 2. The fraction of sp³-hybridized carbons (Fsp3) is 0.857. The predicted molar refractivity (Wildman–Crippen MR) is 89.2 cm³/mol. The molecule has 2 aliphatic carbocycles. The summed E-state index contributed by atoms with van der Waals surface area (Å²) in [5.41, 5.74) is 11.2. The number of rotatable bonds is 2. The topological polar surface area (TPSA) is 105 Å². The molecule has 22 heavy (non-hydrogen) atoms. The molecule has 4 atom stereocenters. The first kappa shape index (κ1) is 23.7. The molecule has 0 saturated heterocycles. The minimum absolute atomic E-state index is 0. The first-order valence-corrected chi connectivity index (χ1v) is 7.14. The molecule has 0 heterocycles. The standard InChI is InChI=1S/2C7H13NO2.2ClH/c2*1-10-7(9)5-2-3-6(8)4-5;;/h2*5-6H,2-4,8H2,1H3;2*1H/t2*5-,6-;;/m10../s1. The SMILES string of the molecule is COC(=O)[C@@H]1CC[C@@H](N)C1.COC(=O)[C@H]1CC[C@H](N)C1.Cl.Cl. The van der Waals surface area contributed by atoms with E-state index >= 15 is 0 Å². The summed E-state index contributed by atoms with van der Waals surface area (Å²) in [6, 6.07) is 0.424. The fourth-order valence-electron chi connectivity index (χ4n) is 2.79. The molecule has 0 unspecified atom stereocenters. The smallest absolute Gasteiger partial charge is 0.308 e. The maximum atomic E-state index is 10.9. The van der Waals surface area contributed by atoms with Gasteiger partial charge in [0.2, 0.25) is 0 Å². The molecular formula is C14H28Cl2N2O4. The highest BCUT2D eigenvalue weighted by Crippen LogP contribution is 2.25. The van der Waals surface area contributed by atoms with Crippen molar-refractivity contribution >= 4 is 36.8 Å². The van der Waals surface area contributed by atoms with Crippen molar-refractivity contribution in [1.82, 2.24) is 0 Å². The molecule has 6 nitrogen and oxygen atoms in total. The van der Waals surface area contributed by atoms with Crippen LogP contribution in [0.25, 0.3) is 0 Å². The Morgan fingerprint density at radius 1 is 0.773 bits per heavy atom. The van der Waals surface area contributed by atoms with Crippen LogP contribution >= 0.6 is 24.8 Å². The van der Waals surface area contributed by atoms with Crippen molar-refractivity contribution in [2.45, 2.75) is 50.6 Å². The van der Waals surface area contributed by atoms with Crippen LogP contribution in [0.1, 0.15) is 38.5 Å². The van der Waals surface area contributed by atoms with E-state index in [1.165, 1.54) is 14.2 Å². The summed E-state index contributed by atoms with van der Waals surface area (Å²) in [5, 5.41) is 0. The highest BCUT2D eigenvalue weighted by atomic mass is 35.5. The molecule has 2 aliphatic rings. The third kappa shape index (κ3) is 7.63. The van der Waals surface area contributed by atoms with Crippen molar-refractivity contribution < 1.29 is 19.1 Å². The van der Waals surface area contributed by atoms with Gasteiger partial charge in [0.05, 0.1) is 26.1 Å². The number of halogens is 2. The van der Waals surface area contributed by atoms with Gasteiger partial charge in [0.25, 0.3) is 0 Å². The lowest BCUT2D eigenvalue weighted by atomic mass is 10.1. The molecule has 2 saturated carbocycles. The molecule has 2 fully saturated rings. The molecule has 0 aliphatic heterocycles. The number of carbonyl (C=O) groups is 2. The van der Waals surface area contributed by atoms with E-state index in [2.05, 4.69) is 9.47 Å². The zero-order valence-electron chi connectivity index (χ0n) is 13.2. The van der Waals surface area contributed by atoms with E-state index in [1.54, 1.807) is 0 Å². The lowest BCUT2D eigenvalue weighted by Gasteiger charge is -2.04. The predicted octanol–water partition coefficient (Wildman–Crippen LogP) is 1.42. The number of methoxy groups -OCH3 is 2. The molecular weight excluding hydrogens is 331 g/mol. The highest BCUT2D eigenvalue weighted by molar-refractivity contribution is 5.85. The minimum Gasteiger partial charge on any atom is -0.469 e. The van der Waals surface area contributed by atoms with Gasteiger partial charge in [-0.25, -0.2) is 0 Å². The van der Waals surface area contributed by atoms with Gasteiger partial charge < -0.3 is 20.9 Å². The van der Waals surface area contributed by atoms with Gasteiger partial charge >= 0.3 is 11.9 Å². The zero-order chi connectivity index (χ0) is 15.1. The molecule has 4 N–H and O–H groups in total. The Morgan fingerprint density at radius 2 is 1.09 bits per heavy atom. The van der Waals surface area contributed by atoms with Crippen molar-refractivity contribution in [3.05, 3.63) is 0 Å². The number of ether oxygens (including phenoxy) is 2. The molecule has 0 bridgehead atoms. The Kier molecular flexibility index (Phi) is 12.9. The van der Waals surface area contributed by atoms with Gasteiger partial charge in [-0.2, -0.15) is 0 Å². The third-order valence-corrected chi connectivity index (χ3v) is 4.02. The van der Waals surface area contributed by atoms with E-state index in [1.807, 2.05) is 0 Å². The quantitative estimate of drug-likeness (QED) is 0.723. The molecule has 0 aromatic rings. The van der Waals surface area contributed by atoms with Crippen molar-refractivity contribution in [2.75, 3.05) is 14.2 Å². The third-order valence-electron chi connectivity index (χ3n) is 4.02. The first-order valence-electron chi connectivity index (χ1n) is 7.14. The van der Waals surface area contributed by atoms with Crippen LogP contribution in [0.3, 0.4) is 0 Å². The van der Waals surface area contributed by atoms with E-state index in [0.29, 0.717) is 0 Å². The van der Waals surface area contributed by atoms with Gasteiger partial charge in [-0.3, -0.25) is 9.59 Å². The summed E-state index contributed by atoms with van der Waals surface area (Å²) in [4.78, 5) is 21.8. The molecule has 2 rings (SSSR count). The number of esters is 2. The van der Waals surface area contributed by atoms with Crippen molar-refractivity contribution in [1.29, 1.82) is 0 Å². The minimum atomic E-state index is -0.104. The summed E-state index contributed by atoms with van der Waals surface area (Å²) in [6.07, 6.45) is 5.31. The van der Waals surface area contributed by atoms with Gasteiger partial charge in [-0.1, -0.05) is 0 Å². The summed E-state index contributed by atoms with van der Waals surface area (Å²) >= 11 is 0. The van der Waals surface area contributed by atoms with Crippen molar-refractivity contribution in [2.24, 2.45) is 23.3 Å². The average Bonchev–Trinajstić information content (AvgIpc) is 3.06. The normalized spacial score (nSPS) is 29.3. The summed E-state index contributed by atoms with van der Waals surface area (Å²) in [6.45, 7) is 0. The first-order chi connectivity index (χ1) is 9.47. The number of hydrogen-bond acceptors (Lipinski definition) is 6. The van der Waals surface area contributed by atoms with Gasteiger partial charge in [0, 0.05) is 12.1 Å². The molecule has 132 valence electrons. The summed E-state index contributed by atoms with van der Waals surface area (Å²) in [7, 11) is 2.85. The Morgan fingerprint density at radius 3 is 1.27 bits per heavy atom. The lowest BCUT2D eigenvalue weighted by Crippen LogP contribution is -2.18. The Balaban J connectivity index is 0. The van der Waals surface area contributed by atoms with Crippen molar-refractivity contribution in [3.8, 4) is 0 Å². The van der Waals surface area contributed by atoms with Gasteiger partial charge in [0.1, 0.15) is 0 Å². The van der Waals surface area contributed by atoms with E-state index in [4.69, 9.17) is 11.5 Å².